The zero-order chi connectivity index (χ0) is 15.9. The molecule has 0 aliphatic carbocycles. The third-order valence-electron chi connectivity index (χ3n) is 4.17. The van der Waals surface area contributed by atoms with E-state index in [2.05, 4.69) is 56.4 Å². The van der Waals surface area contributed by atoms with Gasteiger partial charge in [-0.1, -0.05) is 35.9 Å². The van der Waals surface area contributed by atoms with Gasteiger partial charge in [0, 0.05) is 6.04 Å². The molecule has 1 atom stereocenters. The standard InChI is InChI=1S/C20H27NO/c1-15-10-11-18(16(2)13-15)8-6-12-21-17(3)19-7-5-9-20(14-19)22-4/h5,7,9-11,13-14,17,21H,6,8,12H2,1-4H3/t17-/m1/s1. The fraction of sp³-hybridized carbons (Fsp3) is 0.400. The Balaban J connectivity index is 1.80. The average Bonchev–Trinajstić information content (AvgIpc) is 2.53. The SMILES string of the molecule is COc1cccc([C@@H](C)NCCCc2ccc(C)cc2C)c1. The molecular formula is C20H27NO. The van der Waals surface area contributed by atoms with Gasteiger partial charge in [-0.3, -0.25) is 0 Å². The summed E-state index contributed by atoms with van der Waals surface area (Å²) in [5.41, 5.74) is 5.47. The summed E-state index contributed by atoms with van der Waals surface area (Å²) in [7, 11) is 1.71. The summed E-state index contributed by atoms with van der Waals surface area (Å²) < 4.78 is 5.28. The number of methoxy groups -OCH3 is 1. The van der Waals surface area contributed by atoms with E-state index >= 15 is 0 Å². The molecule has 0 amide bonds. The molecule has 0 aliphatic heterocycles. The first-order chi connectivity index (χ1) is 10.6. The molecule has 0 unspecified atom stereocenters. The maximum Gasteiger partial charge on any atom is 0.119 e. The fourth-order valence-corrected chi connectivity index (χ4v) is 2.75. The van der Waals surface area contributed by atoms with Gasteiger partial charge in [0.05, 0.1) is 7.11 Å². The Kier molecular flexibility index (Phi) is 6.02. The Morgan fingerprint density at radius 3 is 2.64 bits per heavy atom. The van der Waals surface area contributed by atoms with E-state index in [1.165, 1.54) is 22.3 Å². The highest BCUT2D eigenvalue weighted by atomic mass is 16.5. The lowest BCUT2D eigenvalue weighted by Gasteiger charge is -2.15. The van der Waals surface area contributed by atoms with Crippen molar-refractivity contribution in [2.75, 3.05) is 13.7 Å². The third kappa shape index (κ3) is 4.60. The summed E-state index contributed by atoms with van der Waals surface area (Å²) in [6.45, 7) is 7.57. The Bertz CT molecular complexity index is 606. The molecule has 2 heteroatoms. The van der Waals surface area contributed by atoms with Crippen molar-refractivity contribution < 1.29 is 4.74 Å². The smallest absolute Gasteiger partial charge is 0.119 e. The van der Waals surface area contributed by atoms with Gasteiger partial charge in [-0.2, -0.15) is 0 Å². The normalized spacial score (nSPS) is 12.2. The van der Waals surface area contributed by atoms with E-state index in [4.69, 9.17) is 4.74 Å². The van der Waals surface area contributed by atoms with Gasteiger partial charge in [-0.05, 0) is 69.0 Å². The van der Waals surface area contributed by atoms with Crippen molar-refractivity contribution >= 4 is 0 Å². The van der Waals surface area contributed by atoms with Gasteiger partial charge in [0.2, 0.25) is 0 Å². The molecular weight excluding hydrogens is 270 g/mol. The molecule has 0 aliphatic rings. The van der Waals surface area contributed by atoms with Crippen LogP contribution in [0.3, 0.4) is 0 Å². The quantitative estimate of drug-likeness (QED) is 0.754. The molecule has 0 saturated heterocycles. The van der Waals surface area contributed by atoms with Crippen LogP contribution >= 0.6 is 0 Å². The van der Waals surface area contributed by atoms with E-state index in [9.17, 15) is 0 Å². The molecule has 0 aromatic heterocycles. The van der Waals surface area contributed by atoms with Gasteiger partial charge >= 0.3 is 0 Å². The monoisotopic (exact) mass is 297 g/mol. The van der Waals surface area contributed by atoms with Crippen molar-refractivity contribution in [1.82, 2.24) is 5.32 Å². The van der Waals surface area contributed by atoms with Crippen LogP contribution in [-0.2, 0) is 6.42 Å². The summed E-state index contributed by atoms with van der Waals surface area (Å²) >= 11 is 0. The van der Waals surface area contributed by atoms with Gasteiger partial charge in [-0.15, -0.1) is 0 Å². The number of aryl methyl sites for hydroxylation is 3. The Hall–Kier alpha value is -1.80. The molecule has 0 bridgehead atoms. The highest BCUT2D eigenvalue weighted by Gasteiger charge is 2.06. The van der Waals surface area contributed by atoms with E-state index in [0.717, 1.165) is 25.1 Å². The lowest BCUT2D eigenvalue weighted by molar-refractivity contribution is 0.413. The van der Waals surface area contributed by atoms with Crippen molar-refractivity contribution in [3.8, 4) is 5.75 Å². The first-order valence-electron chi connectivity index (χ1n) is 8.03. The van der Waals surface area contributed by atoms with Crippen molar-refractivity contribution in [2.24, 2.45) is 0 Å². The zero-order valence-electron chi connectivity index (χ0n) is 14.1. The first-order valence-corrected chi connectivity index (χ1v) is 8.03. The van der Waals surface area contributed by atoms with Gasteiger partial charge in [0.25, 0.3) is 0 Å². The Morgan fingerprint density at radius 1 is 1.09 bits per heavy atom. The van der Waals surface area contributed by atoms with Crippen LogP contribution in [0, 0.1) is 13.8 Å². The zero-order valence-corrected chi connectivity index (χ0v) is 14.1. The summed E-state index contributed by atoms with van der Waals surface area (Å²) in [5.74, 6) is 0.918. The Morgan fingerprint density at radius 2 is 1.91 bits per heavy atom. The molecule has 0 fully saturated rings. The van der Waals surface area contributed by atoms with Gasteiger partial charge in [0.1, 0.15) is 5.75 Å². The number of nitrogens with one attached hydrogen (secondary N) is 1. The average molecular weight is 297 g/mol. The second kappa shape index (κ2) is 8.00. The Labute approximate surface area is 134 Å². The molecule has 0 heterocycles. The van der Waals surface area contributed by atoms with Crippen LogP contribution in [-0.4, -0.2) is 13.7 Å². The van der Waals surface area contributed by atoms with Crippen LogP contribution in [0.1, 0.15) is 41.6 Å². The maximum atomic E-state index is 5.28. The summed E-state index contributed by atoms with van der Waals surface area (Å²) in [4.78, 5) is 0. The number of hydrogen-bond donors (Lipinski definition) is 1. The van der Waals surface area contributed by atoms with Crippen molar-refractivity contribution in [3.05, 3.63) is 64.7 Å². The summed E-state index contributed by atoms with van der Waals surface area (Å²) in [6.07, 6.45) is 2.28. The van der Waals surface area contributed by atoms with Crippen molar-refractivity contribution in [3.63, 3.8) is 0 Å². The van der Waals surface area contributed by atoms with Gasteiger partial charge in [0.15, 0.2) is 0 Å². The predicted molar refractivity (Wildman–Crippen MR) is 93.6 cm³/mol. The number of rotatable bonds is 7. The molecule has 0 spiro atoms. The molecule has 2 aromatic carbocycles. The third-order valence-corrected chi connectivity index (χ3v) is 4.17. The molecule has 0 saturated carbocycles. The van der Waals surface area contributed by atoms with Crippen molar-refractivity contribution in [1.29, 1.82) is 0 Å². The van der Waals surface area contributed by atoms with E-state index in [-0.39, 0.29) is 0 Å². The highest BCUT2D eigenvalue weighted by Crippen LogP contribution is 2.19. The molecule has 0 radical (unpaired) electrons. The van der Waals surface area contributed by atoms with E-state index in [1.807, 2.05) is 12.1 Å². The fourth-order valence-electron chi connectivity index (χ4n) is 2.75. The van der Waals surface area contributed by atoms with Crippen LogP contribution in [0.25, 0.3) is 0 Å². The molecule has 22 heavy (non-hydrogen) atoms. The molecule has 1 N–H and O–H groups in total. The second-order valence-corrected chi connectivity index (χ2v) is 5.99. The highest BCUT2D eigenvalue weighted by molar-refractivity contribution is 5.31. The minimum Gasteiger partial charge on any atom is -0.497 e. The molecule has 2 nitrogen and oxygen atoms in total. The van der Waals surface area contributed by atoms with Crippen LogP contribution in [0.5, 0.6) is 5.75 Å². The van der Waals surface area contributed by atoms with Gasteiger partial charge < -0.3 is 10.1 Å². The largest absolute Gasteiger partial charge is 0.497 e. The van der Waals surface area contributed by atoms with E-state index in [1.54, 1.807) is 7.11 Å². The molecule has 2 aromatic rings. The maximum absolute atomic E-state index is 5.28. The first kappa shape index (κ1) is 16.6. The topological polar surface area (TPSA) is 21.3 Å². The molecule has 118 valence electrons. The van der Waals surface area contributed by atoms with E-state index in [0.29, 0.717) is 6.04 Å². The summed E-state index contributed by atoms with van der Waals surface area (Å²) in [5, 5.41) is 3.60. The minimum absolute atomic E-state index is 0.342. The number of ether oxygens (including phenoxy) is 1. The van der Waals surface area contributed by atoms with Crippen LogP contribution in [0.4, 0.5) is 0 Å². The van der Waals surface area contributed by atoms with E-state index < -0.39 is 0 Å². The predicted octanol–water partition coefficient (Wildman–Crippen LogP) is 4.60. The molecule has 2 rings (SSSR count). The summed E-state index contributed by atoms with van der Waals surface area (Å²) in [6, 6.07) is 15.3. The second-order valence-electron chi connectivity index (χ2n) is 5.99. The van der Waals surface area contributed by atoms with Crippen molar-refractivity contribution in [2.45, 2.75) is 39.7 Å². The minimum atomic E-state index is 0.342. The number of benzene rings is 2. The number of hydrogen-bond acceptors (Lipinski definition) is 2. The van der Waals surface area contributed by atoms with Gasteiger partial charge in [-0.25, -0.2) is 0 Å². The lowest BCUT2D eigenvalue weighted by atomic mass is 10.0. The van der Waals surface area contributed by atoms with Crippen LogP contribution < -0.4 is 10.1 Å². The lowest BCUT2D eigenvalue weighted by Crippen LogP contribution is -2.20. The van der Waals surface area contributed by atoms with Crippen LogP contribution in [0.2, 0.25) is 0 Å². The van der Waals surface area contributed by atoms with Crippen LogP contribution in [0.15, 0.2) is 42.5 Å².